The van der Waals surface area contributed by atoms with Crippen LogP contribution in [-0.4, -0.2) is 25.4 Å². The summed E-state index contributed by atoms with van der Waals surface area (Å²) < 4.78 is 12.6. The summed E-state index contributed by atoms with van der Waals surface area (Å²) in [5.74, 6) is 1.39. The van der Waals surface area contributed by atoms with Gasteiger partial charge in [0.2, 0.25) is 5.13 Å². The quantitative estimate of drug-likeness (QED) is 0.512. The van der Waals surface area contributed by atoms with Crippen molar-refractivity contribution >= 4 is 48.8 Å². The minimum Gasteiger partial charge on any atom is -0.496 e. The van der Waals surface area contributed by atoms with Crippen molar-refractivity contribution in [1.29, 1.82) is 0 Å². The molecule has 3 rings (SSSR count). The number of aromatic nitrogens is 1. The van der Waals surface area contributed by atoms with Crippen molar-refractivity contribution in [3.8, 4) is 11.5 Å². The van der Waals surface area contributed by atoms with Gasteiger partial charge in [-0.3, -0.25) is 5.43 Å². The van der Waals surface area contributed by atoms with Crippen LogP contribution in [0.25, 0.3) is 10.2 Å². The number of fused-ring (bicyclic) bond motifs is 1. The van der Waals surface area contributed by atoms with Crippen molar-refractivity contribution in [1.82, 2.24) is 4.98 Å². The molecular weight excluding hydrogens is 378 g/mol. The fourth-order valence-corrected chi connectivity index (χ4v) is 3.40. The molecule has 2 aromatic carbocycles. The van der Waals surface area contributed by atoms with Crippen LogP contribution < -0.4 is 14.9 Å². The molecule has 0 aliphatic carbocycles. The van der Waals surface area contributed by atoms with Crippen molar-refractivity contribution < 1.29 is 9.47 Å². The Labute approximate surface area is 146 Å². The molecule has 0 aliphatic heterocycles. The summed E-state index contributed by atoms with van der Waals surface area (Å²) in [4.78, 5) is 4.46. The number of methoxy groups -OCH3 is 2. The first-order chi connectivity index (χ1) is 11.2. The largest absolute Gasteiger partial charge is 0.496 e. The van der Waals surface area contributed by atoms with Crippen molar-refractivity contribution in [2.45, 2.75) is 0 Å². The number of benzene rings is 2. The number of thiazole rings is 1. The Hall–Kier alpha value is -2.12. The predicted octanol–water partition coefficient (Wildman–Crippen LogP) is 4.52. The molecule has 0 unspecified atom stereocenters. The zero-order valence-corrected chi connectivity index (χ0v) is 14.9. The molecule has 23 heavy (non-hydrogen) atoms. The molecule has 0 spiro atoms. The second-order valence-electron chi connectivity index (χ2n) is 4.59. The van der Waals surface area contributed by atoms with Gasteiger partial charge in [-0.25, -0.2) is 4.98 Å². The number of hydrazone groups is 1. The number of hydrogen-bond donors (Lipinski definition) is 1. The highest BCUT2D eigenvalue weighted by molar-refractivity contribution is 9.10. The molecule has 1 heterocycles. The molecule has 5 nitrogen and oxygen atoms in total. The van der Waals surface area contributed by atoms with Gasteiger partial charge in [0.25, 0.3) is 0 Å². The average Bonchev–Trinajstić information content (AvgIpc) is 2.98. The second kappa shape index (κ2) is 6.97. The highest BCUT2D eigenvalue weighted by Crippen LogP contribution is 2.32. The Bertz CT molecular complexity index is 831. The highest BCUT2D eigenvalue weighted by atomic mass is 79.9. The van der Waals surface area contributed by atoms with Gasteiger partial charge in [-0.1, -0.05) is 23.5 Å². The van der Waals surface area contributed by atoms with Crippen LogP contribution in [0.3, 0.4) is 0 Å². The molecule has 0 radical (unpaired) electrons. The van der Waals surface area contributed by atoms with Crippen LogP contribution in [0, 0.1) is 0 Å². The average molecular weight is 392 g/mol. The van der Waals surface area contributed by atoms with E-state index in [1.54, 1.807) is 31.8 Å². The zero-order valence-electron chi connectivity index (χ0n) is 12.5. The second-order valence-corrected chi connectivity index (χ2v) is 6.47. The van der Waals surface area contributed by atoms with E-state index in [0.717, 1.165) is 25.4 Å². The van der Waals surface area contributed by atoms with Gasteiger partial charge in [-0.15, -0.1) is 0 Å². The van der Waals surface area contributed by atoms with Gasteiger partial charge in [0, 0.05) is 11.6 Å². The third-order valence-corrected chi connectivity index (χ3v) is 4.72. The SMILES string of the molecule is COc1cc(OC)c(/C=N/Nc2nc3ccccc3s2)cc1Br. The minimum atomic E-state index is 0.680. The smallest absolute Gasteiger partial charge is 0.204 e. The van der Waals surface area contributed by atoms with E-state index in [1.807, 2.05) is 36.4 Å². The fourth-order valence-electron chi connectivity index (χ4n) is 2.06. The third kappa shape index (κ3) is 3.46. The molecule has 0 amide bonds. The molecule has 7 heteroatoms. The Balaban J connectivity index is 1.81. The lowest BCUT2D eigenvalue weighted by molar-refractivity contribution is 0.392. The highest BCUT2D eigenvalue weighted by Gasteiger charge is 2.08. The van der Waals surface area contributed by atoms with Gasteiger partial charge >= 0.3 is 0 Å². The normalized spacial score (nSPS) is 11.1. The number of ether oxygens (including phenoxy) is 2. The van der Waals surface area contributed by atoms with Crippen LogP contribution >= 0.6 is 27.3 Å². The predicted molar refractivity (Wildman–Crippen MR) is 98.1 cm³/mol. The number of nitrogens with one attached hydrogen (secondary N) is 1. The lowest BCUT2D eigenvalue weighted by Crippen LogP contribution is -1.96. The minimum absolute atomic E-state index is 0.680. The first kappa shape index (κ1) is 15.8. The van der Waals surface area contributed by atoms with Crippen molar-refractivity contribution in [3.05, 3.63) is 46.4 Å². The number of rotatable bonds is 5. The van der Waals surface area contributed by atoms with Crippen molar-refractivity contribution in [2.75, 3.05) is 19.6 Å². The third-order valence-electron chi connectivity index (χ3n) is 3.16. The summed E-state index contributed by atoms with van der Waals surface area (Å²) in [5.41, 5.74) is 4.74. The molecule has 1 N–H and O–H groups in total. The summed E-state index contributed by atoms with van der Waals surface area (Å²) in [6, 6.07) is 11.7. The van der Waals surface area contributed by atoms with Gasteiger partial charge in [-0.05, 0) is 34.1 Å². The fraction of sp³-hybridized carbons (Fsp3) is 0.125. The summed E-state index contributed by atoms with van der Waals surface area (Å²) in [6.45, 7) is 0. The number of hydrogen-bond acceptors (Lipinski definition) is 6. The number of anilines is 1. The topological polar surface area (TPSA) is 55.7 Å². The van der Waals surface area contributed by atoms with E-state index in [0.29, 0.717) is 11.5 Å². The van der Waals surface area contributed by atoms with Crippen LogP contribution in [0.5, 0.6) is 11.5 Å². The summed E-state index contributed by atoms with van der Waals surface area (Å²) >= 11 is 5.01. The molecule has 0 saturated heterocycles. The van der Waals surface area contributed by atoms with E-state index in [1.165, 1.54) is 0 Å². The van der Waals surface area contributed by atoms with Crippen molar-refractivity contribution in [3.63, 3.8) is 0 Å². The maximum Gasteiger partial charge on any atom is 0.204 e. The molecule has 0 fully saturated rings. The molecule has 0 bridgehead atoms. The monoisotopic (exact) mass is 391 g/mol. The summed E-state index contributed by atoms with van der Waals surface area (Å²) in [7, 11) is 3.23. The molecular formula is C16H14BrN3O2S. The number of para-hydroxylation sites is 1. The van der Waals surface area contributed by atoms with Gasteiger partial charge in [0.1, 0.15) is 11.5 Å². The van der Waals surface area contributed by atoms with Crippen LogP contribution in [-0.2, 0) is 0 Å². The molecule has 0 atom stereocenters. The van der Waals surface area contributed by atoms with E-state index >= 15 is 0 Å². The van der Waals surface area contributed by atoms with Gasteiger partial charge < -0.3 is 9.47 Å². The lowest BCUT2D eigenvalue weighted by atomic mass is 10.2. The van der Waals surface area contributed by atoms with E-state index in [2.05, 4.69) is 31.4 Å². The lowest BCUT2D eigenvalue weighted by Gasteiger charge is -2.09. The van der Waals surface area contributed by atoms with Crippen LogP contribution in [0.15, 0.2) is 46.0 Å². The van der Waals surface area contributed by atoms with E-state index in [-0.39, 0.29) is 0 Å². The Morgan fingerprint density at radius 2 is 1.96 bits per heavy atom. The molecule has 1 aromatic heterocycles. The van der Waals surface area contributed by atoms with Crippen molar-refractivity contribution in [2.24, 2.45) is 5.10 Å². The van der Waals surface area contributed by atoms with Gasteiger partial charge in [0.15, 0.2) is 0 Å². The molecule has 118 valence electrons. The van der Waals surface area contributed by atoms with Crippen LogP contribution in [0.2, 0.25) is 0 Å². The van der Waals surface area contributed by atoms with E-state index < -0.39 is 0 Å². The maximum atomic E-state index is 5.36. The van der Waals surface area contributed by atoms with Gasteiger partial charge in [-0.2, -0.15) is 5.10 Å². The van der Waals surface area contributed by atoms with E-state index in [4.69, 9.17) is 9.47 Å². The Morgan fingerprint density at radius 1 is 1.17 bits per heavy atom. The maximum absolute atomic E-state index is 5.36. The first-order valence-corrected chi connectivity index (χ1v) is 8.38. The standard InChI is InChI=1S/C16H14BrN3O2S/c1-21-13-8-14(22-2)11(17)7-10(13)9-18-20-16-19-12-5-3-4-6-15(12)23-16/h3-9H,1-2H3,(H,19,20)/b18-9+. The Kier molecular flexibility index (Phi) is 4.78. The zero-order chi connectivity index (χ0) is 16.2. The summed E-state index contributed by atoms with van der Waals surface area (Å²) in [6.07, 6.45) is 1.69. The molecule has 3 aromatic rings. The summed E-state index contributed by atoms with van der Waals surface area (Å²) in [5, 5.41) is 4.99. The van der Waals surface area contributed by atoms with Gasteiger partial charge in [0.05, 0.1) is 35.1 Å². The first-order valence-electron chi connectivity index (χ1n) is 6.77. The van der Waals surface area contributed by atoms with E-state index in [9.17, 15) is 0 Å². The number of halogens is 1. The van der Waals surface area contributed by atoms with Crippen LogP contribution in [0.1, 0.15) is 5.56 Å². The van der Waals surface area contributed by atoms with Crippen LogP contribution in [0.4, 0.5) is 5.13 Å². The molecule has 0 aliphatic rings. The molecule has 0 saturated carbocycles. The Morgan fingerprint density at radius 3 is 2.70 bits per heavy atom. The number of nitrogens with zero attached hydrogens (tertiary/aromatic N) is 2.